The Balaban J connectivity index is 1.57. The van der Waals surface area contributed by atoms with Gasteiger partial charge in [0.05, 0.1) is 23.9 Å². The second-order valence-electron chi connectivity index (χ2n) is 5.56. The lowest BCUT2D eigenvalue weighted by atomic mass is 10.2. The third-order valence-electron chi connectivity index (χ3n) is 4.00. The predicted octanol–water partition coefficient (Wildman–Crippen LogP) is 4.01. The van der Waals surface area contributed by atoms with E-state index in [1.54, 1.807) is 0 Å². The molecule has 0 aliphatic rings. The van der Waals surface area contributed by atoms with Crippen LogP contribution in [-0.2, 0) is 6.54 Å². The standard InChI is InChI=1S/C17H11BrN6S/c18-12-6-2-1-5-11(12)16-22-24-15(20-21-17(24)25-16)9-23-10-19-13-7-3-4-8-14(13)23/h1-8,10H,9H2. The highest BCUT2D eigenvalue weighted by molar-refractivity contribution is 9.10. The lowest BCUT2D eigenvalue weighted by molar-refractivity contribution is 0.726. The number of rotatable bonds is 3. The molecule has 3 heterocycles. The van der Waals surface area contributed by atoms with Crippen LogP contribution in [0.5, 0.6) is 0 Å². The second kappa shape index (κ2) is 5.75. The van der Waals surface area contributed by atoms with Gasteiger partial charge in [-0.15, -0.1) is 10.2 Å². The van der Waals surface area contributed by atoms with E-state index in [2.05, 4.69) is 35.7 Å². The highest BCUT2D eigenvalue weighted by atomic mass is 79.9. The van der Waals surface area contributed by atoms with Gasteiger partial charge < -0.3 is 4.57 Å². The summed E-state index contributed by atoms with van der Waals surface area (Å²) in [7, 11) is 0. The van der Waals surface area contributed by atoms with Crippen molar-refractivity contribution in [2.45, 2.75) is 6.54 Å². The summed E-state index contributed by atoms with van der Waals surface area (Å²) in [4.78, 5) is 5.21. The zero-order chi connectivity index (χ0) is 16.8. The molecule has 0 N–H and O–H groups in total. The van der Waals surface area contributed by atoms with Crippen molar-refractivity contribution < 1.29 is 0 Å². The highest BCUT2D eigenvalue weighted by Crippen LogP contribution is 2.31. The van der Waals surface area contributed by atoms with Gasteiger partial charge >= 0.3 is 0 Å². The van der Waals surface area contributed by atoms with Crippen LogP contribution < -0.4 is 0 Å². The minimum absolute atomic E-state index is 0.570. The summed E-state index contributed by atoms with van der Waals surface area (Å²) in [6.07, 6.45) is 1.83. The van der Waals surface area contributed by atoms with Crippen molar-refractivity contribution in [2.24, 2.45) is 0 Å². The van der Waals surface area contributed by atoms with E-state index >= 15 is 0 Å². The fourth-order valence-electron chi connectivity index (χ4n) is 2.79. The molecule has 0 aliphatic heterocycles. The molecule has 8 heteroatoms. The maximum absolute atomic E-state index is 4.71. The van der Waals surface area contributed by atoms with Gasteiger partial charge in [0.1, 0.15) is 5.01 Å². The van der Waals surface area contributed by atoms with Crippen LogP contribution in [0.4, 0.5) is 0 Å². The first-order valence-corrected chi connectivity index (χ1v) is 9.26. The molecule has 0 unspecified atom stereocenters. The molecule has 122 valence electrons. The molecule has 6 nitrogen and oxygen atoms in total. The average Bonchev–Trinajstić information content (AvgIpc) is 3.32. The number of halogens is 1. The molecular formula is C17H11BrN6S. The quantitative estimate of drug-likeness (QED) is 0.450. The summed E-state index contributed by atoms with van der Waals surface area (Å²) in [5.74, 6) is 0.785. The van der Waals surface area contributed by atoms with Gasteiger partial charge in [-0.2, -0.15) is 9.61 Å². The van der Waals surface area contributed by atoms with E-state index in [9.17, 15) is 0 Å². The molecule has 0 spiro atoms. The summed E-state index contributed by atoms with van der Waals surface area (Å²) in [5, 5.41) is 14.2. The van der Waals surface area contributed by atoms with E-state index in [0.29, 0.717) is 6.54 Å². The number of imidazole rings is 1. The highest BCUT2D eigenvalue weighted by Gasteiger charge is 2.15. The maximum atomic E-state index is 4.71. The largest absolute Gasteiger partial charge is 0.323 e. The van der Waals surface area contributed by atoms with Crippen LogP contribution in [0.15, 0.2) is 59.3 Å². The lowest BCUT2D eigenvalue weighted by Crippen LogP contribution is -2.04. The molecule has 0 amide bonds. The Morgan fingerprint density at radius 1 is 1.00 bits per heavy atom. The third-order valence-corrected chi connectivity index (χ3v) is 5.62. The number of aromatic nitrogens is 6. The van der Waals surface area contributed by atoms with Crippen molar-refractivity contribution >= 4 is 43.3 Å². The molecule has 2 aromatic carbocycles. The molecule has 5 aromatic rings. The summed E-state index contributed by atoms with van der Waals surface area (Å²) < 4.78 is 4.89. The van der Waals surface area contributed by atoms with Crippen LogP contribution in [0.2, 0.25) is 0 Å². The number of hydrogen-bond donors (Lipinski definition) is 0. The topological polar surface area (TPSA) is 60.9 Å². The van der Waals surface area contributed by atoms with Crippen LogP contribution >= 0.6 is 27.3 Å². The molecule has 0 fully saturated rings. The molecule has 0 atom stereocenters. The van der Waals surface area contributed by atoms with Crippen molar-refractivity contribution in [1.82, 2.24) is 29.4 Å². The van der Waals surface area contributed by atoms with Gasteiger partial charge in [0, 0.05) is 10.0 Å². The molecule has 25 heavy (non-hydrogen) atoms. The van der Waals surface area contributed by atoms with Gasteiger partial charge in [-0.05, 0) is 18.2 Å². The Labute approximate surface area is 154 Å². The molecule has 0 aliphatic carbocycles. The van der Waals surface area contributed by atoms with Crippen molar-refractivity contribution in [3.05, 3.63) is 65.2 Å². The van der Waals surface area contributed by atoms with E-state index in [1.165, 1.54) is 11.3 Å². The number of fused-ring (bicyclic) bond motifs is 2. The lowest BCUT2D eigenvalue weighted by Gasteiger charge is -2.01. The van der Waals surface area contributed by atoms with Crippen molar-refractivity contribution in [2.75, 3.05) is 0 Å². The molecule has 5 rings (SSSR count). The first-order chi connectivity index (χ1) is 12.3. The molecular weight excluding hydrogens is 400 g/mol. The Kier molecular flexibility index (Phi) is 3.39. The smallest absolute Gasteiger partial charge is 0.235 e. The van der Waals surface area contributed by atoms with Crippen molar-refractivity contribution in [1.29, 1.82) is 0 Å². The van der Waals surface area contributed by atoms with Gasteiger partial charge in [0.25, 0.3) is 0 Å². The van der Waals surface area contributed by atoms with E-state index in [0.717, 1.165) is 36.9 Å². The van der Waals surface area contributed by atoms with Crippen molar-refractivity contribution in [3.8, 4) is 10.6 Å². The van der Waals surface area contributed by atoms with E-state index in [4.69, 9.17) is 5.10 Å². The Morgan fingerprint density at radius 2 is 1.84 bits per heavy atom. The van der Waals surface area contributed by atoms with Crippen LogP contribution in [0.25, 0.3) is 26.6 Å². The van der Waals surface area contributed by atoms with E-state index in [1.807, 2.05) is 59.4 Å². The van der Waals surface area contributed by atoms with Gasteiger partial charge in [0.2, 0.25) is 4.96 Å². The molecule has 0 bridgehead atoms. The van der Waals surface area contributed by atoms with E-state index in [-0.39, 0.29) is 0 Å². The molecule has 0 saturated heterocycles. The SMILES string of the molecule is Brc1ccccc1-c1nn2c(Cn3cnc4ccccc43)nnc2s1. The third kappa shape index (κ3) is 2.45. The van der Waals surface area contributed by atoms with Gasteiger partial charge in [-0.25, -0.2) is 4.98 Å². The number of nitrogens with zero attached hydrogens (tertiary/aromatic N) is 6. The summed E-state index contributed by atoms with van der Waals surface area (Å²) >= 11 is 5.11. The minimum atomic E-state index is 0.570. The summed E-state index contributed by atoms with van der Waals surface area (Å²) in [6, 6.07) is 16.1. The molecule has 0 saturated carbocycles. The van der Waals surface area contributed by atoms with Gasteiger partial charge in [-0.1, -0.05) is 57.6 Å². The number of para-hydroxylation sites is 2. The Morgan fingerprint density at radius 3 is 2.76 bits per heavy atom. The normalized spacial score (nSPS) is 11.6. The first-order valence-electron chi connectivity index (χ1n) is 7.65. The van der Waals surface area contributed by atoms with Crippen LogP contribution in [0.1, 0.15) is 5.82 Å². The zero-order valence-corrected chi connectivity index (χ0v) is 15.3. The maximum Gasteiger partial charge on any atom is 0.235 e. The number of hydrogen-bond acceptors (Lipinski definition) is 5. The summed E-state index contributed by atoms with van der Waals surface area (Å²) in [5.41, 5.74) is 3.09. The van der Waals surface area contributed by atoms with Crippen LogP contribution in [-0.4, -0.2) is 29.4 Å². The average molecular weight is 411 g/mol. The summed E-state index contributed by atoms with van der Waals surface area (Å²) in [6.45, 7) is 0.570. The van der Waals surface area contributed by atoms with Crippen LogP contribution in [0.3, 0.4) is 0 Å². The predicted molar refractivity (Wildman–Crippen MR) is 101 cm³/mol. The molecule has 0 radical (unpaired) electrons. The Bertz CT molecular complexity index is 1200. The first kappa shape index (κ1) is 14.7. The second-order valence-corrected chi connectivity index (χ2v) is 7.37. The number of benzene rings is 2. The van der Waals surface area contributed by atoms with Crippen molar-refractivity contribution in [3.63, 3.8) is 0 Å². The monoisotopic (exact) mass is 410 g/mol. The fourth-order valence-corrected chi connectivity index (χ4v) is 4.29. The minimum Gasteiger partial charge on any atom is -0.323 e. The van der Waals surface area contributed by atoms with Crippen LogP contribution in [0, 0.1) is 0 Å². The fraction of sp³-hybridized carbons (Fsp3) is 0.0588. The van der Waals surface area contributed by atoms with Gasteiger partial charge in [-0.3, -0.25) is 0 Å². The zero-order valence-electron chi connectivity index (χ0n) is 12.9. The Hall–Kier alpha value is -2.58. The molecule has 3 aromatic heterocycles. The van der Waals surface area contributed by atoms with E-state index < -0.39 is 0 Å². The van der Waals surface area contributed by atoms with Gasteiger partial charge in [0.15, 0.2) is 5.82 Å².